The van der Waals surface area contributed by atoms with E-state index in [9.17, 15) is 19.0 Å². The zero-order chi connectivity index (χ0) is 42.8. The fourth-order valence-electron chi connectivity index (χ4n) is 7.25. The van der Waals surface area contributed by atoms with Crippen molar-refractivity contribution < 1.29 is 42.1 Å². The first-order chi connectivity index (χ1) is 28.0. The first kappa shape index (κ1) is 57.0. The Morgan fingerprint density at radius 1 is 0.466 bits per heavy atom. The number of quaternary nitrogens is 1. The summed E-state index contributed by atoms with van der Waals surface area (Å²) in [7, 11) is 1.49. The molecular weight excluding hydrogens is 750 g/mol. The Morgan fingerprint density at radius 2 is 0.776 bits per heavy atom. The molecule has 0 aromatic rings. The van der Waals surface area contributed by atoms with Gasteiger partial charge in [-0.15, -0.1) is 0 Å². The maximum absolute atomic E-state index is 12.7. The number of unbranched alkanes of at least 4 members (excludes halogenated alkanes) is 32. The number of carbonyl (C=O) groups is 2. The van der Waals surface area contributed by atoms with Crippen LogP contribution in [0, 0.1) is 0 Å². The van der Waals surface area contributed by atoms with Gasteiger partial charge in [0.25, 0.3) is 0 Å². The van der Waals surface area contributed by atoms with Crippen molar-refractivity contribution in [3.8, 4) is 0 Å². The Balaban J connectivity index is 4.01. The monoisotopic (exact) mass is 847 g/mol. The molecule has 9 nitrogen and oxygen atoms in total. The van der Waals surface area contributed by atoms with Crippen molar-refractivity contribution in [2.75, 3.05) is 47.5 Å². The van der Waals surface area contributed by atoms with Gasteiger partial charge in [-0.05, 0) is 12.8 Å². The van der Waals surface area contributed by atoms with E-state index in [1.807, 2.05) is 21.1 Å². The Kier molecular flexibility index (Phi) is 40.7. The number of phosphoric acid groups is 1. The lowest BCUT2D eigenvalue weighted by Crippen LogP contribution is -2.37. The van der Waals surface area contributed by atoms with Gasteiger partial charge in [-0.3, -0.25) is 18.6 Å². The summed E-state index contributed by atoms with van der Waals surface area (Å²) in [6.07, 6.45) is 43.3. The molecule has 0 aliphatic carbocycles. The summed E-state index contributed by atoms with van der Waals surface area (Å²) in [6, 6.07) is 0. The third kappa shape index (κ3) is 44.6. The van der Waals surface area contributed by atoms with Crippen LogP contribution in [0.5, 0.6) is 0 Å². The lowest BCUT2D eigenvalue weighted by molar-refractivity contribution is -0.870. The van der Waals surface area contributed by atoms with Crippen LogP contribution in [0.4, 0.5) is 0 Å². The van der Waals surface area contributed by atoms with E-state index in [0.717, 1.165) is 38.5 Å². The van der Waals surface area contributed by atoms with E-state index in [1.165, 1.54) is 180 Å². The Hall–Kier alpha value is -0.990. The molecule has 0 rings (SSSR count). The van der Waals surface area contributed by atoms with Gasteiger partial charge in [0.1, 0.15) is 19.8 Å². The fraction of sp³-hybridized carbons (Fsp3) is 0.958. The van der Waals surface area contributed by atoms with E-state index in [1.54, 1.807) is 0 Å². The molecule has 0 bridgehead atoms. The standard InChI is InChI=1S/C48H96NO8P/c1-6-8-10-12-14-16-17-18-19-20-21-22-23-24-25-26-27-28-29-30-31-32-33-35-37-39-41-48(51)57-46(45-56-58(52,53)55-43-42-49(3,4)5)44-54-47(50)40-38-36-34-15-13-11-9-7-2/h46H,6-45H2,1-5H3/p+1. The average Bonchev–Trinajstić information content (AvgIpc) is 3.17. The van der Waals surface area contributed by atoms with Crippen molar-refractivity contribution >= 4 is 19.8 Å². The van der Waals surface area contributed by atoms with Crippen molar-refractivity contribution in [3.63, 3.8) is 0 Å². The van der Waals surface area contributed by atoms with Crippen molar-refractivity contribution in [1.29, 1.82) is 0 Å². The molecule has 0 aliphatic rings. The van der Waals surface area contributed by atoms with Gasteiger partial charge in [-0.25, -0.2) is 4.57 Å². The van der Waals surface area contributed by atoms with Crippen molar-refractivity contribution in [3.05, 3.63) is 0 Å². The van der Waals surface area contributed by atoms with E-state index in [0.29, 0.717) is 17.4 Å². The fourth-order valence-corrected chi connectivity index (χ4v) is 7.99. The number of ether oxygens (including phenoxy) is 2. The topological polar surface area (TPSA) is 108 Å². The van der Waals surface area contributed by atoms with Crippen LogP contribution in [0.3, 0.4) is 0 Å². The number of phosphoric ester groups is 1. The quantitative estimate of drug-likeness (QED) is 0.0279. The highest BCUT2D eigenvalue weighted by Crippen LogP contribution is 2.43. The lowest BCUT2D eigenvalue weighted by atomic mass is 10.0. The van der Waals surface area contributed by atoms with Gasteiger partial charge in [0.15, 0.2) is 6.10 Å². The number of rotatable bonds is 46. The second-order valence-electron chi connectivity index (χ2n) is 18.2. The number of hydrogen-bond acceptors (Lipinski definition) is 7. The molecule has 58 heavy (non-hydrogen) atoms. The van der Waals surface area contributed by atoms with Gasteiger partial charge in [0.2, 0.25) is 0 Å². The lowest BCUT2D eigenvalue weighted by Gasteiger charge is -2.24. The molecule has 10 heteroatoms. The van der Waals surface area contributed by atoms with Crippen LogP contribution < -0.4 is 0 Å². The van der Waals surface area contributed by atoms with E-state index in [4.69, 9.17) is 18.5 Å². The Morgan fingerprint density at radius 3 is 1.10 bits per heavy atom. The molecule has 346 valence electrons. The normalized spacial score (nSPS) is 13.4. The van der Waals surface area contributed by atoms with Gasteiger partial charge >= 0.3 is 19.8 Å². The molecule has 0 radical (unpaired) electrons. The Bertz CT molecular complexity index is 958. The summed E-state index contributed by atoms with van der Waals surface area (Å²) in [5, 5.41) is 0. The van der Waals surface area contributed by atoms with Crippen molar-refractivity contribution in [1.82, 2.24) is 0 Å². The first-order valence-corrected chi connectivity index (χ1v) is 26.3. The minimum Gasteiger partial charge on any atom is -0.462 e. The highest BCUT2D eigenvalue weighted by Gasteiger charge is 2.27. The second-order valence-corrected chi connectivity index (χ2v) is 19.7. The number of likely N-dealkylation sites (N-methyl/N-ethyl adjacent to an activating group) is 1. The summed E-state index contributed by atoms with van der Waals surface area (Å²) >= 11 is 0. The molecule has 0 amide bonds. The van der Waals surface area contributed by atoms with Gasteiger partial charge < -0.3 is 18.9 Å². The molecule has 0 saturated heterocycles. The third-order valence-corrected chi connectivity index (χ3v) is 12.1. The van der Waals surface area contributed by atoms with Gasteiger partial charge in [-0.1, -0.05) is 219 Å². The molecule has 0 spiro atoms. The summed E-state index contributed by atoms with van der Waals surface area (Å²) < 4.78 is 34.3. The zero-order valence-corrected chi connectivity index (χ0v) is 40.0. The summed E-state index contributed by atoms with van der Waals surface area (Å²) in [6.45, 7) is 4.43. The van der Waals surface area contributed by atoms with Crippen LogP contribution in [0.1, 0.15) is 245 Å². The van der Waals surface area contributed by atoms with Gasteiger partial charge in [-0.2, -0.15) is 0 Å². The molecule has 0 fully saturated rings. The van der Waals surface area contributed by atoms with E-state index in [-0.39, 0.29) is 25.6 Å². The number of esters is 2. The minimum atomic E-state index is -4.36. The first-order valence-electron chi connectivity index (χ1n) is 24.8. The summed E-state index contributed by atoms with van der Waals surface area (Å²) in [5.41, 5.74) is 0. The molecule has 1 N–H and O–H groups in total. The highest BCUT2D eigenvalue weighted by molar-refractivity contribution is 7.47. The molecule has 2 atom stereocenters. The van der Waals surface area contributed by atoms with E-state index >= 15 is 0 Å². The van der Waals surface area contributed by atoms with E-state index < -0.39 is 26.5 Å². The van der Waals surface area contributed by atoms with Crippen molar-refractivity contribution in [2.24, 2.45) is 0 Å². The van der Waals surface area contributed by atoms with Crippen LogP contribution in [0.2, 0.25) is 0 Å². The highest BCUT2D eigenvalue weighted by atomic mass is 31.2. The van der Waals surface area contributed by atoms with Crippen LogP contribution >= 0.6 is 7.82 Å². The maximum Gasteiger partial charge on any atom is 0.472 e. The zero-order valence-electron chi connectivity index (χ0n) is 39.1. The predicted octanol–water partition coefficient (Wildman–Crippen LogP) is 14.4. The molecule has 0 aromatic carbocycles. The molecule has 0 aliphatic heterocycles. The predicted molar refractivity (Wildman–Crippen MR) is 243 cm³/mol. The van der Waals surface area contributed by atoms with Crippen molar-refractivity contribution in [2.45, 2.75) is 251 Å². The minimum absolute atomic E-state index is 0.0366. The van der Waals surface area contributed by atoms with Crippen LogP contribution in [0.25, 0.3) is 0 Å². The molecular formula is C48H97NO8P+. The van der Waals surface area contributed by atoms with Crippen LogP contribution in [-0.4, -0.2) is 74.9 Å². The second kappa shape index (κ2) is 41.4. The van der Waals surface area contributed by atoms with Crippen LogP contribution in [0.15, 0.2) is 0 Å². The SMILES string of the molecule is CCCCCCCCCCCCCCCCCCCCCCCCCCCCC(=O)OC(COC(=O)CCCCCCCCCC)COP(=O)(O)OCC[N+](C)(C)C. The third-order valence-electron chi connectivity index (χ3n) is 11.1. The van der Waals surface area contributed by atoms with Gasteiger partial charge in [0.05, 0.1) is 27.7 Å². The largest absolute Gasteiger partial charge is 0.472 e. The number of nitrogens with zero attached hydrogens (tertiary/aromatic N) is 1. The van der Waals surface area contributed by atoms with E-state index in [2.05, 4.69) is 13.8 Å². The molecule has 0 heterocycles. The number of hydrogen-bond donors (Lipinski definition) is 1. The Labute approximate surface area is 359 Å². The molecule has 0 aromatic heterocycles. The summed E-state index contributed by atoms with van der Waals surface area (Å²) in [4.78, 5) is 35.3. The number of carbonyl (C=O) groups excluding carboxylic acids is 2. The van der Waals surface area contributed by atoms with Gasteiger partial charge in [0, 0.05) is 12.8 Å². The maximum atomic E-state index is 12.7. The summed E-state index contributed by atoms with van der Waals surface area (Å²) in [5.74, 6) is -0.787. The molecule has 0 saturated carbocycles. The average molecular weight is 847 g/mol. The molecule has 2 unspecified atom stereocenters. The van der Waals surface area contributed by atoms with Crippen LogP contribution in [-0.2, 0) is 32.7 Å². The smallest absolute Gasteiger partial charge is 0.462 e.